The molecule has 0 saturated carbocycles. The lowest BCUT2D eigenvalue weighted by Gasteiger charge is -2.17. The first-order chi connectivity index (χ1) is 7.91. The van der Waals surface area contributed by atoms with Gasteiger partial charge < -0.3 is 10.4 Å². The largest absolute Gasteiger partial charge is 0.481 e. The fourth-order valence-corrected chi connectivity index (χ4v) is 1.80. The molecular formula is C12H14INO3. The number of hydrogen-bond donors (Lipinski definition) is 2. The van der Waals surface area contributed by atoms with Crippen LogP contribution >= 0.6 is 22.6 Å². The normalized spacial score (nSPS) is 13.8. The Labute approximate surface area is 114 Å². The highest BCUT2D eigenvalue weighted by molar-refractivity contribution is 14.1. The molecule has 2 N–H and O–H groups in total. The summed E-state index contributed by atoms with van der Waals surface area (Å²) in [5.74, 6) is -1.77. The molecule has 17 heavy (non-hydrogen) atoms. The van der Waals surface area contributed by atoms with Crippen molar-refractivity contribution in [1.29, 1.82) is 0 Å². The Morgan fingerprint density at radius 3 is 2.53 bits per heavy atom. The van der Waals surface area contributed by atoms with Gasteiger partial charge in [0.2, 0.25) is 0 Å². The second-order valence-electron chi connectivity index (χ2n) is 3.90. The van der Waals surface area contributed by atoms with Gasteiger partial charge in [0.05, 0.1) is 5.92 Å². The molecule has 2 unspecified atom stereocenters. The van der Waals surface area contributed by atoms with E-state index in [4.69, 9.17) is 5.11 Å². The molecule has 1 aromatic rings. The molecule has 0 heterocycles. The second kappa shape index (κ2) is 6.00. The van der Waals surface area contributed by atoms with Crippen molar-refractivity contribution in [2.24, 2.45) is 5.92 Å². The number of halogens is 1. The smallest absolute Gasteiger partial charge is 0.308 e. The Balaban J connectivity index is 2.70. The maximum atomic E-state index is 11.8. The van der Waals surface area contributed by atoms with Gasteiger partial charge in [-0.2, -0.15) is 0 Å². The minimum absolute atomic E-state index is 0.246. The van der Waals surface area contributed by atoms with Crippen LogP contribution in [0.5, 0.6) is 0 Å². The summed E-state index contributed by atoms with van der Waals surface area (Å²) < 4.78 is 0.967. The van der Waals surface area contributed by atoms with Gasteiger partial charge in [0.15, 0.2) is 0 Å². The molecule has 5 heteroatoms. The summed E-state index contributed by atoms with van der Waals surface area (Å²) in [4.78, 5) is 22.6. The second-order valence-corrected chi connectivity index (χ2v) is 5.15. The van der Waals surface area contributed by atoms with Gasteiger partial charge in [-0.25, -0.2) is 0 Å². The lowest BCUT2D eigenvalue weighted by molar-refractivity contribution is -0.141. The molecule has 0 bridgehead atoms. The van der Waals surface area contributed by atoms with Gasteiger partial charge >= 0.3 is 5.97 Å². The number of hydrogen-bond acceptors (Lipinski definition) is 2. The summed E-state index contributed by atoms with van der Waals surface area (Å²) in [6.07, 6.45) is 0. The number of aliphatic carboxylic acids is 1. The van der Waals surface area contributed by atoms with Crippen LogP contribution in [0.1, 0.15) is 24.2 Å². The molecule has 0 aliphatic heterocycles. The van der Waals surface area contributed by atoms with Crippen LogP contribution in [0.15, 0.2) is 24.3 Å². The van der Waals surface area contributed by atoms with Crippen LogP contribution in [0.4, 0.5) is 0 Å². The molecule has 4 nitrogen and oxygen atoms in total. The van der Waals surface area contributed by atoms with Gasteiger partial charge in [-0.15, -0.1) is 0 Å². The lowest BCUT2D eigenvalue weighted by atomic mass is 10.0. The van der Waals surface area contributed by atoms with E-state index < -0.39 is 17.9 Å². The first-order valence-corrected chi connectivity index (χ1v) is 6.29. The quantitative estimate of drug-likeness (QED) is 0.820. The summed E-state index contributed by atoms with van der Waals surface area (Å²) in [5, 5.41) is 11.5. The van der Waals surface area contributed by atoms with Crippen molar-refractivity contribution in [3.05, 3.63) is 33.4 Å². The number of benzene rings is 1. The fraction of sp³-hybridized carbons (Fsp3) is 0.333. The molecule has 2 atom stereocenters. The fourth-order valence-electron chi connectivity index (χ4n) is 1.26. The highest BCUT2D eigenvalue weighted by atomic mass is 127. The van der Waals surface area contributed by atoms with E-state index in [1.807, 2.05) is 6.07 Å². The van der Waals surface area contributed by atoms with Crippen molar-refractivity contribution in [1.82, 2.24) is 5.32 Å². The Morgan fingerprint density at radius 2 is 2.00 bits per heavy atom. The first-order valence-electron chi connectivity index (χ1n) is 5.21. The topological polar surface area (TPSA) is 66.4 Å². The molecule has 1 rings (SSSR count). The van der Waals surface area contributed by atoms with Crippen molar-refractivity contribution < 1.29 is 14.7 Å². The zero-order valence-corrected chi connectivity index (χ0v) is 11.8. The Morgan fingerprint density at radius 1 is 1.35 bits per heavy atom. The molecule has 92 valence electrons. The highest BCUT2D eigenvalue weighted by Gasteiger charge is 2.21. The molecule has 1 amide bonds. The van der Waals surface area contributed by atoms with Crippen LogP contribution < -0.4 is 5.32 Å². The number of carboxylic acids is 1. The van der Waals surface area contributed by atoms with Crippen molar-refractivity contribution in [2.75, 3.05) is 0 Å². The minimum atomic E-state index is -0.916. The van der Waals surface area contributed by atoms with Crippen molar-refractivity contribution in [3.63, 3.8) is 0 Å². The van der Waals surface area contributed by atoms with Crippen LogP contribution in [0.3, 0.4) is 0 Å². The van der Waals surface area contributed by atoms with Gasteiger partial charge in [-0.05, 0) is 54.6 Å². The highest BCUT2D eigenvalue weighted by Crippen LogP contribution is 2.09. The lowest BCUT2D eigenvalue weighted by Crippen LogP contribution is -2.40. The number of carboxylic acid groups (broad SMARTS) is 1. The standard InChI is InChI=1S/C12H14INO3/c1-7(12(16)17)8(2)14-11(15)9-4-3-5-10(13)6-9/h3-8H,1-2H3,(H,14,15)(H,16,17). The molecule has 0 fully saturated rings. The molecule has 1 aromatic carbocycles. The van der Waals surface area contributed by atoms with Gasteiger partial charge in [0.1, 0.15) is 0 Å². The van der Waals surface area contributed by atoms with Gasteiger partial charge in [-0.1, -0.05) is 6.07 Å². The average Bonchev–Trinajstić information content (AvgIpc) is 2.27. The predicted octanol–water partition coefficient (Wildman–Crippen LogP) is 2.13. The molecule has 0 radical (unpaired) electrons. The van der Waals surface area contributed by atoms with Gasteiger partial charge in [0, 0.05) is 15.2 Å². The van der Waals surface area contributed by atoms with E-state index >= 15 is 0 Å². The summed E-state index contributed by atoms with van der Waals surface area (Å²) in [7, 11) is 0. The number of amides is 1. The number of carbonyl (C=O) groups is 2. The van der Waals surface area contributed by atoms with E-state index in [9.17, 15) is 9.59 Å². The molecule has 0 spiro atoms. The van der Waals surface area contributed by atoms with Crippen molar-refractivity contribution in [2.45, 2.75) is 19.9 Å². The third-order valence-electron chi connectivity index (χ3n) is 2.59. The minimum Gasteiger partial charge on any atom is -0.481 e. The summed E-state index contributed by atoms with van der Waals surface area (Å²) in [6.45, 7) is 3.26. The van der Waals surface area contributed by atoms with Gasteiger partial charge in [-0.3, -0.25) is 9.59 Å². The van der Waals surface area contributed by atoms with Gasteiger partial charge in [0.25, 0.3) is 5.91 Å². The number of carbonyl (C=O) groups excluding carboxylic acids is 1. The predicted molar refractivity (Wildman–Crippen MR) is 72.9 cm³/mol. The van der Waals surface area contributed by atoms with E-state index in [-0.39, 0.29) is 5.91 Å². The van der Waals surface area contributed by atoms with Crippen molar-refractivity contribution in [3.8, 4) is 0 Å². The van der Waals surface area contributed by atoms with E-state index in [1.54, 1.807) is 32.0 Å². The Bertz CT molecular complexity index is 434. The monoisotopic (exact) mass is 347 g/mol. The van der Waals surface area contributed by atoms with Crippen LogP contribution in [0.2, 0.25) is 0 Å². The van der Waals surface area contributed by atoms with Crippen LogP contribution in [0.25, 0.3) is 0 Å². The maximum absolute atomic E-state index is 11.8. The summed E-state index contributed by atoms with van der Waals surface area (Å²) in [5.41, 5.74) is 0.543. The zero-order valence-electron chi connectivity index (χ0n) is 9.61. The average molecular weight is 347 g/mol. The molecule has 0 saturated heterocycles. The Kier molecular flexibility index (Phi) is 4.92. The van der Waals surface area contributed by atoms with E-state index in [2.05, 4.69) is 27.9 Å². The third kappa shape index (κ3) is 3.99. The first kappa shape index (κ1) is 14.0. The molecule has 0 aliphatic carbocycles. The zero-order chi connectivity index (χ0) is 13.0. The molecule has 0 aromatic heterocycles. The number of nitrogens with one attached hydrogen (secondary N) is 1. The summed E-state index contributed by atoms with van der Waals surface area (Å²) in [6, 6.07) is 6.74. The van der Waals surface area contributed by atoms with Crippen LogP contribution in [-0.4, -0.2) is 23.0 Å². The molecule has 0 aliphatic rings. The Hall–Kier alpha value is -1.11. The summed E-state index contributed by atoms with van der Waals surface area (Å²) >= 11 is 2.12. The third-order valence-corrected chi connectivity index (χ3v) is 3.26. The van der Waals surface area contributed by atoms with E-state index in [0.717, 1.165) is 3.57 Å². The van der Waals surface area contributed by atoms with Crippen molar-refractivity contribution >= 4 is 34.5 Å². The SMILES string of the molecule is CC(NC(=O)c1cccc(I)c1)C(C)C(=O)O. The maximum Gasteiger partial charge on any atom is 0.308 e. The van der Waals surface area contributed by atoms with E-state index in [1.165, 1.54) is 0 Å². The van der Waals surface area contributed by atoms with E-state index in [0.29, 0.717) is 5.56 Å². The van der Waals surface area contributed by atoms with Crippen LogP contribution in [0, 0.1) is 9.49 Å². The number of rotatable bonds is 4. The van der Waals surface area contributed by atoms with Crippen LogP contribution in [-0.2, 0) is 4.79 Å². The molecular weight excluding hydrogens is 333 g/mol.